The van der Waals surface area contributed by atoms with E-state index in [1.165, 1.54) is 44.1 Å². The van der Waals surface area contributed by atoms with Crippen LogP contribution < -0.4 is 4.90 Å². The van der Waals surface area contributed by atoms with Crippen molar-refractivity contribution in [2.24, 2.45) is 0 Å². The highest BCUT2D eigenvalue weighted by atomic mass is 15.1. The zero-order chi connectivity index (χ0) is 37.6. The van der Waals surface area contributed by atoms with E-state index in [0.29, 0.717) is 0 Å². The van der Waals surface area contributed by atoms with Crippen LogP contribution in [0.25, 0.3) is 33.2 Å². The molecule has 55 heavy (non-hydrogen) atoms. The maximum Gasteiger partial charge on any atom is 0.0531 e. The molecule has 0 aliphatic carbocycles. The first-order valence-corrected chi connectivity index (χ1v) is 19.2. The summed E-state index contributed by atoms with van der Waals surface area (Å²) in [5, 5.41) is 2.51. The molecule has 0 radical (unpaired) electrons. The molecule has 3 nitrogen and oxygen atoms in total. The van der Waals surface area contributed by atoms with Crippen LogP contribution in [0.3, 0.4) is 0 Å². The van der Waals surface area contributed by atoms with Crippen LogP contribution in [0.4, 0.5) is 17.1 Å². The third-order valence-corrected chi connectivity index (χ3v) is 11.5. The summed E-state index contributed by atoms with van der Waals surface area (Å²) >= 11 is 0. The van der Waals surface area contributed by atoms with Crippen LogP contribution in [0.1, 0.15) is 49.9 Å². The number of nitrogens with zero attached hydrogens (tertiary/aromatic N) is 3. The van der Waals surface area contributed by atoms with Crippen LogP contribution in [0.5, 0.6) is 0 Å². The number of benzene rings is 7. The first-order valence-electron chi connectivity index (χ1n) is 19.2. The average Bonchev–Trinajstić information content (AvgIpc) is 3.83. The van der Waals surface area contributed by atoms with Crippen LogP contribution in [0.2, 0.25) is 0 Å². The van der Waals surface area contributed by atoms with E-state index in [0.717, 1.165) is 28.4 Å². The van der Waals surface area contributed by atoms with E-state index in [9.17, 15) is 0 Å². The Hall–Kier alpha value is -6.58. The van der Waals surface area contributed by atoms with E-state index in [2.05, 4.69) is 242 Å². The minimum atomic E-state index is -0.221. The molecule has 0 N–H and O–H groups in total. The Labute approximate surface area is 324 Å². The highest BCUT2D eigenvalue weighted by molar-refractivity contribution is 5.90. The molecule has 0 spiro atoms. The summed E-state index contributed by atoms with van der Waals surface area (Å²) in [7, 11) is 0. The van der Waals surface area contributed by atoms with E-state index in [4.69, 9.17) is 0 Å². The second-order valence-corrected chi connectivity index (χ2v) is 15.6. The lowest BCUT2D eigenvalue weighted by Gasteiger charge is -2.27. The summed E-state index contributed by atoms with van der Waals surface area (Å²) in [6.45, 7) is 9.35. The minimum Gasteiger partial charge on any atom is -0.316 e. The summed E-state index contributed by atoms with van der Waals surface area (Å²) in [6, 6.07) is 67.8. The number of aromatic nitrogens is 2. The van der Waals surface area contributed by atoms with Crippen LogP contribution in [-0.4, -0.2) is 9.13 Å². The first kappa shape index (κ1) is 34.2. The van der Waals surface area contributed by atoms with Crippen molar-refractivity contribution in [3.63, 3.8) is 0 Å². The molecule has 2 aromatic heterocycles. The van der Waals surface area contributed by atoms with E-state index < -0.39 is 0 Å². The monoisotopic (exact) mass is 711 g/mol. The van der Waals surface area contributed by atoms with Gasteiger partial charge in [0, 0.05) is 56.7 Å². The predicted octanol–water partition coefficient (Wildman–Crippen LogP) is 13.7. The Kier molecular flexibility index (Phi) is 8.51. The Bertz CT molecular complexity index is 2550. The van der Waals surface area contributed by atoms with Crippen LogP contribution in [0, 0.1) is 0 Å². The van der Waals surface area contributed by atoms with Gasteiger partial charge in [0.25, 0.3) is 0 Å². The van der Waals surface area contributed by atoms with Gasteiger partial charge in [-0.05, 0) is 76.9 Å². The zero-order valence-corrected chi connectivity index (χ0v) is 31.9. The Morgan fingerprint density at radius 1 is 0.364 bits per heavy atom. The van der Waals surface area contributed by atoms with Crippen molar-refractivity contribution in [1.29, 1.82) is 0 Å². The van der Waals surface area contributed by atoms with E-state index in [1.54, 1.807) is 0 Å². The second-order valence-electron chi connectivity index (χ2n) is 15.6. The van der Waals surface area contributed by atoms with Gasteiger partial charge in [-0.25, -0.2) is 0 Å². The lowest BCUT2D eigenvalue weighted by Crippen LogP contribution is -2.18. The van der Waals surface area contributed by atoms with Gasteiger partial charge in [0.05, 0.1) is 16.7 Å². The summed E-state index contributed by atoms with van der Waals surface area (Å²) in [6.07, 6.45) is 4.74. The highest BCUT2D eigenvalue weighted by Gasteiger charge is 2.30. The molecule has 9 aromatic rings. The lowest BCUT2D eigenvalue weighted by atomic mass is 9.78. The predicted molar refractivity (Wildman–Crippen MR) is 232 cm³/mol. The Morgan fingerprint density at radius 3 is 1.11 bits per heavy atom. The smallest absolute Gasteiger partial charge is 0.0531 e. The fourth-order valence-corrected chi connectivity index (χ4v) is 8.39. The highest BCUT2D eigenvalue weighted by Crippen LogP contribution is 2.43. The zero-order valence-electron chi connectivity index (χ0n) is 31.9. The molecule has 0 fully saturated rings. The maximum absolute atomic E-state index is 2.40. The Morgan fingerprint density at radius 2 is 0.709 bits per heavy atom. The molecule has 0 saturated carbocycles. The molecule has 0 unspecified atom stereocenters. The van der Waals surface area contributed by atoms with Gasteiger partial charge in [-0.1, -0.05) is 161 Å². The van der Waals surface area contributed by atoms with Gasteiger partial charge >= 0.3 is 0 Å². The number of fused-ring (bicyclic) bond motifs is 2. The third kappa shape index (κ3) is 6.03. The SMILES string of the molecule is CC(C)(c1ccccc1)c1cn(-c2cc(N(c3ccccc3)c3ccccc3)cc(-n3cc(C(C)(C)c4ccccc4)c4ccccc43)c2)c2ccccc12. The normalized spacial score (nSPS) is 12.0. The fraction of sp³-hybridized carbons (Fsp3) is 0.115. The molecular weight excluding hydrogens is 667 g/mol. The van der Waals surface area contributed by atoms with Crippen LogP contribution in [0.15, 0.2) is 200 Å². The molecule has 9 rings (SSSR count). The molecule has 0 saturated heterocycles. The van der Waals surface area contributed by atoms with Crippen LogP contribution >= 0.6 is 0 Å². The van der Waals surface area contributed by atoms with Gasteiger partial charge in [-0.2, -0.15) is 0 Å². The molecule has 268 valence electrons. The van der Waals surface area contributed by atoms with Crippen molar-refractivity contribution < 1.29 is 0 Å². The van der Waals surface area contributed by atoms with Crippen molar-refractivity contribution in [2.45, 2.75) is 38.5 Å². The molecule has 2 heterocycles. The first-order chi connectivity index (χ1) is 26.8. The number of anilines is 3. The molecule has 0 aliphatic heterocycles. The lowest BCUT2D eigenvalue weighted by molar-refractivity contribution is 0.645. The largest absolute Gasteiger partial charge is 0.316 e. The van der Waals surface area contributed by atoms with E-state index >= 15 is 0 Å². The fourth-order valence-electron chi connectivity index (χ4n) is 8.39. The number of para-hydroxylation sites is 4. The minimum absolute atomic E-state index is 0.221. The number of hydrogen-bond donors (Lipinski definition) is 0. The van der Waals surface area contributed by atoms with Gasteiger partial charge in [-0.15, -0.1) is 0 Å². The maximum atomic E-state index is 2.40. The molecule has 0 aliphatic rings. The van der Waals surface area contributed by atoms with Crippen molar-refractivity contribution in [3.05, 3.63) is 223 Å². The van der Waals surface area contributed by atoms with Crippen molar-refractivity contribution in [2.75, 3.05) is 4.90 Å². The summed E-state index contributed by atoms with van der Waals surface area (Å²) in [5.74, 6) is 0. The number of hydrogen-bond acceptors (Lipinski definition) is 1. The van der Waals surface area contributed by atoms with Gasteiger partial charge in [0.2, 0.25) is 0 Å². The average molecular weight is 712 g/mol. The molecule has 0 bridgehead atoms. The van der Waals surface area contributed by atoms with Gasteiger partial charge in [0.1, 0.15) is 0 Å². The van der Waals surface area contributed by atoms with Gasteiger partial charge in [0.15, 0.2) is 0 Å². The molecule has 0 atom stereocenters. The molecule has 7 aromatic carbocycles. The van der Waals surface area contributed by atoms with E-state index in [-0.39, 0.29) is 10.8 Å². The molecule has 3 heteroatoms. The molecular formula is C52H45N3. The second kappa shape index (κ2) is 13.7. The Balaban J connectivity index is 1.32. The molecule has 0 amide bonds. The standard InChI is InChI=1S/C52H45N3/c1-51(2,38-21-9-5-10-22-38)47-36-53(49-31-19-17-29-45(47)49)42-33-43(35-44(34-42)55(40-25-13-7-14-26-40)41-27-15-8-16-28-41)54-37-48(46-30-18-20-32-50(46)54)52(3,4)39-23-11-6-12-24-39/h5-37H,1-4H3. The van der Waals surface area contributed by atoms with Crippen molar-refractivity contribution in [3.8, 4) is 11.4 Å². The number of rotatable bonds is 9. The van der Waals surface area contributed by atoms with E-state index in [1.807, 2.05) is 0 Å². The third-order valence-electron chi connectivity index (χ3n) is 11.5. The van der Waals surface area contributed by atoms with Gasteiger partial charge in [-0.3, -0.25) is 0 Å². The van der Waals surface area contributed by atoms with Crippen molar-refractivity contribution >= 4 is 38.9 Å². The summed E-state index contributed by atoms with van der Waals surface area (Å²) in [4.78, 5) is 2.37. The topological polar surface area (TPSA) is 13.1 Å². The summed E-state index contributed by atoms with van der Waals surface area (Å²) in [5.41, 5.74) is 12.6. The van der Waals surface area contributed by atoms with Crippen LogP contribution in [-0.2, 0) is 10.8 Å². The van der Waals surface area contributed by atoms with Gasteiger partial charge < -0.3 is 14.0 Å². The quantitative estimate of drug-likeness (QED) is 0.145. The summed E-state index contributed by atoms with van der Waals surface area (Å²) < 4.78 is 4.80. The van der Waals surface area contributed by atoms with Crippen molar-refractivity contribution in [1.82, 2.24) is 9.13 Å².